The lowest BCUT2D eigenvalue weighted by Crippen LogP contribution is -2.33. The summed E-state index contributed by atoms with van der Waals surface area (Å²) in [5.41, 5.74) is 5.34. The van der Waals surface area contributed by atoms with Crippen molar-refractivity contribution in [1.82, 2.24) is 4.90 Å². The minimum atomic E-state index is -2.86. The predicted molar refractivity (Wildman–Crippen MR) is 62.9 cm³/mol. The molecule has 0 aromatic carbocycles. The summed E-state index contributed by atoms with van der Waals surface area (Å²) >= 11 is 0. The lowest BCUT2D eigenvalue weighted by molar-refractivity contribution is 0.314. The third-order valence-corrected chi connectivity index (χ3v) is 3.20. The molecule has 3 N–H and O–H groups in total. The Hall–Kier alpha value is -0.620. The van der Waals surface area contributed by atoms with E-state index in [1.807, 2.05) is 18.9 Å². The third kappa shape index (κ3) is 8.38. The first-order valence-electron chi connectivity index (χ1n) is 4.92. The predicted octanol–water partition coefficient (Wildman–Crippen LogP) is -0.0750. The number of nitrogens with zero attached hydrogens (tertiary/aromatic N) is 1. The number of rotatable bonds is 7. The first-order chi connectivity index (χ1) is 6.72. The molecule has 0 aromatic rings. The Kier molecular flexibility index (Phi) is 5.82. The smallest absolute Gasteiger partial charge is 0.147 e. The average Bonchev–Trinajstić information content (AvgIpc) is 2.01. The van der Waals surface area contributed by atoms with E-state index in [2.05, 4.69) is 0 Å². The van der Waals surface area contributed by atoms with Gasteiger partial charge in [-0.1, -0.05) is 6.92 Å². The molecule has 0 aliphatic rings. The van der Waals surface area contributed by atoms with Crippen molar-refractivity contribution in [2.45, 2.75) is 13.3 Å². The number of sulfone groups is 1. The Labute approximate surface area is 92.1 Å². The summed E-state index contributed by atoms with van der Waals surface area (Å²) in [6.07, 6.45) is 1.87. The molecule has 1 unspecified atom stereocenters. The minimum Gasteiger partial charge on any atom is -0.387 e. The highest BCUT2D eigenvalue weighted by Gasteiger charge is 2.09. The first-order valence-corrected chi connectivity index (χ1v) is 6.98. The summed E-state index contributed by atoms with van der Waals surface area (Å²) in [6, 6.07) is 0. The van der Waals surface area contributed by atoms with Crippen LogP contribution in [0.15, 0.2) is 0 Å². The largest absolute Gasteiger partial charge is 0.387 e. The van der Waals surface area contributed by atoms with E-state index in [-0.39, 0.29) is 17.5 Å². The van der Waals surface area contributed by atoms with Gasteiger partial charge in [0.15, 0.2) is 0 Å². The quantitative estimate of drug-likeness (QED) is 0.477. The monoisotopic (exact) mass is 235 g/mol. The van der Waals surface area contributed by atoms with Crippen LogP contribution < -0.4 is 5.73 Å². The van der Waals surface area contributed by atoms with E-state index in [0.717, 1.165) is 0 Å². The fourth-order valence-electron chi connectivity index (χ4n) is 1.25. The van der Waals surface area contributed by atoms with E-state index >= 15 is 0 Å². The summed E-state index contributed by atoms with van der Waals surface area (Å²) in [5, 5.41) is 7.23. The van der Waals surface area contributed by atoms with E-state index in [1.165, 1.54) is 6.26 Å². The van der Waals surface area contributed by atoms with Crippen LogP contribution in [0.4, 0.5) is 0 Å². The van der Waals surface area contributed by atoms with Crippen molar-refractivity contribution in [3.63, 3.8) is 0 Å². The van der Waals surface area contributed by atoms with Crippen LogP contribution >= 0.6 is 0 Å². The second kappa shape index (κ2) is 6.07. The molecule has 0 aliphatic carbocycles. The highest BCUT2D eigenvalue weighted by Crippen LogP contribution is 1.99. The number of hydrogen-bond acceptors (Lipinski definition) is 4. The highest BCUT2D eigenvalue weighted by atomic mass is 32.2. The summed E-state index contributed by atoms with van der Waals surface area (Å²) in [4.78, 5) is 2.00. The van der Waals surface area contributed by atoms with E-state index < -0.39 is 9.84 Å². The molecule has 0 saturated carbocycles. The molecule has 0 bridgehead atoms. The van der Waals surface area contributed by atoms with Gasteiger partial charge in [-0.15, -0.1) is 0 Å². The molecule has 0 saturated heterocycles. The summed E-state index contributed by atoms with van der Waals surface area (Å²) < 4.78 is 21.7. The minimum absolute atomic E-state index is 0.0215. The van der Waals surface area contributed by atoms with Crippen molar-refractivity contribution in [3.05, 3.63) is 0 Å². The zero-order chi connectivity index (χ0) is 12.1. The zero-order valence-corrected chi connectivity index (χ0v) is 10.5. The normalized spacial score (nSPS) is 14.1. The van der Waals surface area contributed by atoms with E-state index in [0.29, 0.717) is 19.5 Å². The molecule has 6 heteroatoms. The van der Waals surface area contributed by atoms with Crippen molar-refractivity contribution >= 4 is 15.7 Å². The van der Waals surface area contributed by atoms with Crippen molar-refractivity contribution in [2.24, 2.45) is 11.7 Å². The lowest BCUT2D eigenvalue weighted by Gasteiger charge is -2.20. The highest BCUT2D eigenvalue weighted by molar-refractivity contribution is 7.90. The molecule has 0 aromatic heterocycles. The van der Waals surface area contributed by atoms with Crippen LogP contribution in [0.3, 0.4) is 0 Å². The second-order valence-corrected chi connectivity index (χ2v) is 6.36. The molecule has 5 nitrogen and oxygen atoms in total. The molecule has 0 rings (SSSR count). The fourth-order valence-corrected chi connectivity index (χ4v) is 1.91. The molecule has 0 amide bonds. The number of amidine groups is 1. The van der Waals surface area contributed by atoms with Crippen molar-refractivity contribution < 1.29 is 8.42 Å². The van der Waals surface area contributed by atoms with Crippen LogP contribution in [0, 0.1) is 11.3 Å². The maximum atomic E-state index is 10.9. The number of nitrogens with one attached hydrogen (secondary N) is 1. The first kappa shape index (κ1) is 14.4. The maximum absolute atomic E-state index is 10.9. The Balaban J connectivity index is 3.76. The number of nitrogens with two attached hydrogens (primary N) is 1. The topological polar surface area (TPSA) is 87.2 Å². The molecular formula is C9H21N3O2S. The van der Waals surface area contributed by atoms with E-state index in [4.69, 9.17) is 11.1 Å². The van der Waals surface area contributed by atoms with Gasteiger partial charge in [-0.05, 0) is 20.0 Å². The maximum Gasteiger partial charge on any atom is 0.147 e. The van der Waals surface area contributed by atoms with Gasteiger partial charge in [0.05, 0.1) is 11.6 Å². The van der Waals surface area contributed by atoms with Gasteiger partial charge in [0.2, 0.25) is 0 Å². The molecule has 90 valence electrons. The van der Waals surface area contributed by atoms with Crippen LogP contribution in [0.1, 0.15) is 13.3 Å². The van der Waals surface area contributed by atoms with Gasteiger partial charge in [0.1, 0.15) is 9.84 Å². The van der Waals surface area contributed by atoms with E-state index in [9.17, 15) is 8.42 Å². The Morgan fingerprint density at radius 2 is 2.07 bits per heavy atom. The van der Waals surface area contributed by atoms with Crippen molar-refractivity contribution in [1.29, 1.82) is 5.41 Å². The fraction of sp³-hybridized carbons (Fsp3) is 0.889. The van der Waals surface area contributed by atoms with Gasteiger partial charge >= 0.3 is 0 Å². The Morgan fingerprint density at radius 1 is 1.53 bits per heavy atom. The van der Waals surface area contributed by atoms with Crippen molar-refractivity contribution in [2.75, 3.05) is 32.1 Å². The van der Waals surface area contributed by atoms with Gasteiger partial charge in [-0.3, -0.25) is 5.41 Å². The molecule has 1 atom stereocenters. The Morgan fingerprint density at radius 3 is 2.47 bits per heavy atom. The number of hydrogen-bond donors (Lipinski definition) is 2. The molecule has 0 heterocycles. The second-order valence-electron chi connectivity index (χ2n) is 4.10. The average molecular weight is 235 g/mol. The van der Waals surface area contributed by atoms with Gasteiger partial charge in [0.25, 0.3) is 0 Å². The van der Waals surface area contributed by atoms with Crippen LogP contribution in [-0.2, 0) is 9.84 Å². The van der Waals surface area contributed by atoms with E-state index in [1.54, 1.807) is 0 Å². The van der Waals surface area contributed by atoms with Gasteiger partial charge < -0.3 is 10.6 Å². The van der Waals surface area contributed by atoms with Crippen molar-refractivity contribution in [3.8, 4) is 0 Å². The van der Waals surface area contributed by atoms with Gasteiger partial charge in [-0.25, -0.2) is 8.42 Å². The standard InChI is InChI=1S/C9H21N3O2S/c1-8(9(10)11)7-12(2)5-4-6-15(3,13)14/h8H,4-7H2,1-3H3,(H3,10,11). The molecular weight excluding hydrogens is 214 g/mol. The Bertz CT molecular complexity index is 300. The van der Waals surface area contributed by atoms with Gasteiger partial charge in [-0.2, -0.15) is 0 Å². The molecule has 0 radical (unpaired) electrons. The molecule has 0 spiro atoms. The van der Waals surface area contributed by atoms with Crippen LogP contribution in [0.2, 0.25) is 0 Å². The lowest BCUT2D eigenvalue weighted by atomic mass is 10.1. The molecule has 0 fully saturated rings. The summed E-state index contributed by atoms with van der Waals surface area (Å²) in [5.74, 6) is 0.407. The SMILES string of the molecule is CC(CN(C)CCCS(C)(=O)=O)C(=N)N. The summed E-state index contributed by atoms with van der Waals surface area (Å²) in [7, 11) is -0.954. The van der Waals surface area contributed by atoms with Gasteiger partial charge in [0, 0.05) is 18.7 Å². The third-order valence-electron chi connectivity index (χ3n) is 2.17. The van der Waals surface area contributed by atoms with Crippen LogP contribution in [0.5, 0.6) is 0 Å². The molecule has 0 aliphatic heterocycles. The van der Waals surface area contributed by atoms with Crippen LogP contribution in [0.25, 0.3) is 0 Å². The zero-order valence-electron chi connectivity index (χ0n) is 9.66. The van der Waals surface area contributed by atoms with Crippen LogP contribution in [-0.4, -0.2) is 51.3 Å². The summed E-state index contributed by atoms with van der Waals surface area (Å²) in [6.45, 7) is 3.29. The molecule has 15 heavy (non-hydrogen) atoms.